The number of hydrogen-bond acceptors (Lipinski definition) is 2. The minimum absolute atomic E-state index is 0.0967. The van der Waals surface area contributed by atoms with Gasteiger partial charge in [-0.15, -0.1) is 0 Å². The van der Waals surface area contributed by atoms with Gasteiger partial charge in [0.1, 0.15) is 6.73 Å². The second kappa shape index (κ2) is 4.86. The van der Waals surface area contributed by atoms with Crippen molar-refractivity contribution in [2.24, 2.45) is 0 Å². The lowest BCUT2D eigenvalue weighted by Gasteiger charge is -2.06. The van der Waals surface area contributed by atoms with Crippen LogP contribution in [0.1, 0.15) is 21.5 Å². The molecule has 96 valence electrons. The van der Waals surface area contributed by atoms with Crippen molar-refractivity contribution in [1.29, 1.82) is 0 Å². The van der Waals surface area contributed by atoms with Crippen molar-refractivity contribution in [2.45, 2.75) is 6.42 Å². The van der Waals surface area contributed by atoms with Gasteiger partial charge in [-0.25, -0.2) is 0 Å². The Labute approximate surface area is 112 Å². The summed E-state index contributed by atoms with van der Waals surface area (Å²) in [7, 11) is 1.56. The molecule has 0 saturated carbocycles. The summed E-state index contributed by atoms with van der Waals surface area (Å²) in [5.74, 6) is -0.0967. The summed E-state index contributed by atoms with van der Waals surface area (Å²) in [6.07, 6.45) is 0.900. The van der Waals surface area contributed by atoms with Crippen LogP contribution < -0.4 is 5.32 Å². The molecule has 1 aliphatic rings. The number of nitrogens with one attached hydrogen (secondary N) is 1. The molecule has 3 nitrogen and oxygen atoms in total. The quantitative estimate of drug-likeness (QED) is 0.729. The first-order valence-corrected chi connectivity index (χ1v) is 6.28. The van der Waals surface area contributed by atoms with Crippen LogP contribution in [0.15, 0.2) is 42.5 Å². The highest BCUT2D eigenvalue weighted by molar-refractivity contribution is 5.95. The van der Waals surface area contributed by atoms with Crippen LogP contribution in [0.4, 0.5) is 0 Å². The highest BCUT2D eigenvalue weighted by atomic mass is 16.5. The number of fused-ring (bicyclic) bond motifs is 3. The Morgan fingerprint density at radius 3 is 2.79 bits per heavy atom. The van der Waals surface area contributed by atoms with Crippen molar-refractivity contribution >= 4 is 5.91 Å². The number of ether oxygens (including phenoxy) is 1. The largest absolute Gasteiger partial charge is 0.364 e. The maximum absolute atomic E-state index is 11.9. The van der Waals surface area contributed by atoms with Crippen LogP contribution in [0, 0.1) is 0 Å². The Kier molecular flexibility index (Phi) is 3.05. The lowest BCUT2D eigenvalue weighted by Crippen LogP contribution is -2.25. The Bertz CT molecular complexity index is 634. The van der Waals surface area contributed by atoms with E-state index >= 15 is 0 Å². The molecule has 0 aliphatic heterocycles. The van der Waals surface area contributed by atoms with Crippen LogP contribution in [0.2, 0.25) is 0 Å². The molecular formula is C16H15NO2. The Hall–Kier alpha value is -2.13. The van der Waals surface area contributed by atoms with Crippen molar-refractivity contribution in [3.8, 4) is 11.1 Å². The molecule has 0 saturated heterocycles. The predicted molar refractivity (Wildman–Crippen MR) is 74.0 cm³/mol. The molecule has 2 aromatic rings. The smallest absolute Gasteiger partial charge is 0.253 e. The Morgan fingerprint density at radius 2 is 1.95 bits per heavy atom. The predicted octanol–water partition coefficient (Wildman–Crippen LogP) is 2.59. The van der Waals surface area contributed by atoms with E-state index in [9.17, 15) is 4.79 Å². The number of hydrogen-bond donors (Lipinski definition) is 1. The van der Waals surface area contributed by atoms with E-state index in [1.807, 2.05) is 24.3 Å². The average Bonchev–Trinajstić information content (AvgIpc) is 2.82. The van der Waals surface area contributed by atoms with Crippen molar-refractivity contribution in [2.75, 3.05) is 13.8 Å². The fraction of sp³-hybridized carbons (Fsp3) is 0.188. The second-order valence-electron chi connectivity index (χ2n) is 4.64. The molecule has 1 N–H and O–H groups in total. The minimum Gasteiger partial charge on any atom is -0.364 e. The van der Waals surface area contributed by atoms with Gasteiger partial charge in [-0.3, -0.25) is 4.79 Å². The maximum Gasteiger partial charge on any atom is 0.253 e. The van der Waals surface area contributed by atoms with E-state index in [-0.39, 0.29) is 12.6 Å². The van der Waals surface area contributed by atoms with E-state index in [0.29, 0.717) is 5.56 Å². The summed E-state index contributed by atoms with van der Waals surface area (Å²) in [6, 6.07) is 14.2. The first-order valence-electron chi connectivity index (χ1n) is 6.28. The zero-order chi connectivity index (χ0) is 13.2. The highest BCUT2D eigenvalue weighted by Gasteiger charge is 2.19. The summed E-state index contributed by atoms with van der Waals surface area (Å²) in [5.41, 5.74) is 5.74. The lowest BCUT2D eigenvalue weighted by molar-refractivity contribution is 0.0872. The van der Waals surface area contributed by atoms with Gasteiger partial charge in [0, 0.05) is 12.7 Å². The summed E-state index contributed by atoms with van der Waals surface area (Å²) in [5, 5.41) is 2.70. The number of carbonyl (C=O) groups excluding carboxylic acids is 1. The number of methoxy groups -OCH3 is 1. The first kappa shape index (κ1) is 11.9. The van der Waals surface area contributed by atoms with E-state index in [2.05, 4.69) is 23.5 Å². The highest BCUT2D eigenvalue weighted by Crippen LogP contribution is 2.36. The van der Waals surface area contributed by atoms with Crippen molar-refractivity contribution in [3.05, 3.63) is 59.2 Å². The maximum atomic E-state index is 11.9. The van der Waals surface area contributed by atoms with Gasteiger partial charge in [-0.2, -0.15) is 0 Å². The Balaban J connectivity index is 1.91. The summed E-state index contributed by atoms with van der Waals surface area (Å²) >= 11 is 0. The topological polar surface area (TPSA) is 38.3 Å². The molecule has 0 spiro atoms. The number of carbonyl (C=O) groups is 1. The Morgan fingerprint density at radius 1 is 1.16 bits per heavy atom. The number of amides is 1. The van der Waals surface area contributed by atoms with Crippen LogP contribution in [0.5, 0.6) is 0 Å². The van der Waals surface area contributed by atoms with Gasteiger partial charge in [0.15, 0.2) is 0 Å². The molecule has 0 fully saturated rings. The standard InChI is InChI=1S/C16H15NO2/c1-19-10-17-16(18)12-6-7-15-13(9-12)8-11-4-2-3-5-14(11)15/h2-7,9H,8,10H2,1H3,(H,17,18). The zero-order valence-electron chi connectivity index (χ0n) is 10.8. The fourth-order valence-corrected chi connectivity index (χ4v) is 2.53. The molecule has 0 atom stereocenters. The molecule has 0 unspecified atom stereocenters. The van der Waals surface area contributed by atoms with Crippen LogP contribution in [-0.4, -0.2) is 19.7 Å². The third-order valence-electron chi connectivity index (χ3n) is 3.43. The zero-order valence-corrected chi connectivity index (χ0v) is 10.8. The van der Waals surface area contributed by atoms with Gasteiger partial charge in [-0.1, -0.05) is 30.3 Å². The monoisotopic (exact) mass is 253 g/mol. The molecule has 2 aromatic carbocycles. The molecule has 0 bridgehead atoms. The second-order valence-corrected chi connectivity index (χ2v) is 4.64. The molecule has 0 heterocycles. The van der Waals surface area contributed by atoms with Crippen LogP contribution in [0.25, 0.3) is 11.1 Å². The van der Waals surface area contributed by atoms with E-state index < -0.39 is 0 Å². The molecule has 3 heteroatoms. The van der Waals surface area contributed by atoms with E-state index in [1.165, 1.54) is 22.3 Å². The molecule has 0 aromatic heterocycles. The summed E-state index contributed by atoms with van der Waals surface area (Å²) in [6.45, 7) is 0.232. The van der Waals surface area contributed by atoms with Gasteiger partial charge < -0.3 is 10.1 Å². The molecule has 0 radical (unpaired) electrons. The van der Waals surface area contributed by atoms with Crippen LogP contribution in [0.3, 0.4) is 0 Å². The van der Waals surface area contributed by atoms with Gasteiger partial charge in [0.05, 0.1) is 0 Å². The summed E-state index contributed by atoms with van der Waals surface area (Å²) in [4.78, 5) is 11.9. The molecule has 1 aliphatic carbocycles. The normalized spacial score (nSPS) is 11.8. The fourth-order valence-electron chi connectivity index (χ4n) is 2.53. The van der Waals surface area contributed by atoms with Gasteiger partial charge in [0.25, 0.3) is 5.91 Å². The van der Waals surface area contributed by atoms with E-state index in [4.69, 9.17) is 4.74 Å². The SMILES string of the molecule is COCNC(=O)c1ccc2c(c1)Cc1ccccc1-2. The van der Waals surface area contributed by atoms with Gasteiger partial charge >= 0.3 is 0 Å². The van der Waals surface area contributed by atoms with Crippen LogP contribution in [-0.2, 0) is 11.2 Å². The van der Waals surface area contributed by atoms with Crippen molar-refractivity contribution in [3.63, 3.8) is 0 Å². The third-order valence-corrected chi connectivity index (χ3v) is 3.43. The van der Waals surface area contributed by atoms with Crippen LogP contribution >= 0.6 is 0 Å². The van der Waals surface area contributed by atoms with E-state index in [0.717, 1.165) is 6.42 Å². The number of rotatable bonds is 3. The van der Waals surface area contributed by atoms with Crippen molar-refractivity contribution in [1.82, 2.24) is 5.32 Å². The molecular weight excluding hydrogens is 238 g/mol. The average molecular weight is 253 g/mol. The molecule has 19 heavy (non-hydrogen) atoms. The molecule has 3 rings (SSSR count). The lowest BCUT2D eigenvalue weighted by atomic mass is 10.0. The van der Waals surface area contributed by atoms with Crippen molar-refractivity contribution < 1.29 is 9.53 Å². The number of benzene rings is 2. The van der Waals surface area contributed by atoms with E-state index in [1.54, 1.807) is 7.11 Å². The van der Waals surface area contributed by atoms with Gasteiger partial charge in [0.2, 0.25) is 0 Å². The van der Waals surface area contributed by atoms with Gasteiger partial charge in [-0.05, 0) is 40.8 Å². The molecule has 1 amide bonds. The third kappa shape index (κ3) is 2.13. The first-order chi connectivity index (χ1) is 9.29. The summed E-state index contributed by atoms with van der Waals surface area (Å²) < 4.78 is 4.85. The minimum atomic E-state index is -0.0967.